The third-order valence-electron chi connectivity index (χ3n) is 5.22. The predicted octanol–water partition coefficient (Wildman–Crippen LogP) is 1.64. The Morgan fingerprint density at radius 3 is 3.04 bits per heavy atom. The standard InChI is InChI=1S/C17H24N6OS/c24-17(2-1-5-22-12-18-11-20-22)23-7-14-3-4-16(23)9-21(6-14)8-15-10-25-13-19-15/h10-14,16H,1-9H2/t14-,16+/m0/s1. The van der Waals surface area contributed by atoms with Crippen molar-refractivity contribution in [3.8, 4) is 0 Å². The molecule has 3 fully saturated rings. The van der Waals surface area contributed by atoms with Crippen LogP contribution in [0.3, 0.4) is 0 Å². The number of hydrogen-bond acceptors (Lipinski definition) is 6. The maximum atomic E-state index is 12.7. The van der Waals surface area contributed by atoms with Crippen LogP contribution in [0.1, 0.15) is 31.4 Å². The molecule has 25 heavy (non-hydrogen) atoms. The zero-order valence-corrected chi connectivity index (χ0v) is 15.1. The van der Waals surface area contributed by atoms with Crippen LogP contribution >= 0.6 is 11.3 Å². The molecule has 3 aliphatic heterocycles. The fourth-order valence-electron chi connectivity index (χ4n) is 4.04. The Balaban J connectivity index is 1.32. The van der Waals surface area contributed by atoms with Crippen LogP contribution in [-0.4, -0.2) is 61.1 Å². The summed E-state index contributed by atoms with van der Waals surface area (Å²) >= 11 is 1.65. The van der Waals surface area contributed by atoms with Gasteiger partial charge in [0.2, 0.25) is 5.91 Å². The van der Waals surface area contributed by atoms with Gasteiger partial charge in [0.1, 0.15) is 12.7 Å². The maximum Gasteiger partial charge on any atom is 0.222 e. The minimum absolute atomic E-state index is 0.297. The molecule has 0 radical (unpaired) electrons. The Hall–Kier alpha value is -1.80. The number of piperidine rings is 1. The molecule has 5 rings (SSSR count). The number of amides is 1. The average Bonchev–Trinajstić information content (AvgIpc) is 3.24. The number of fused-ring (bicyclic) bond motifs is 4. The second-order valence-electron chi connectivity index (χ2n) is 7.08. The monoisotopic (exact) mass is 360 g/mol. The maximum absolute atomic E-state index is 12.7. The van der Waals surface area contributed by atoms with E-state index in [2.05, 4.69) is 30.2 Å². The van der Waals surface area contributed by atoms with Crippen LogP contribution in [0.4, 0.5) is 0 Å². The molecule has 7 nitrogen and oxygen atoms in total. The SMILES string of the molecule is O=C(CCCn1cncn1)N1C[C@H]2CC[C@@H]1CN(Cc1cscn1)C2. The van der Waals surface area contributed by atoms with Gasteiger partial charge in [-0.3, -0.25) is 14.4 Å². The van der Waals surface area contributed by atoms with Crippen LogP contribution in [0.5, 0.6) is 0 Å². The average molecular weight is 360 g/mol. The molecular formula is C17H24N6OS. The second kappa shape index (κ2) is 7.61. The lowest BCUT2D eigenvalue weighted by molar-refractivity contribution is -0.135. The van der Waals surface area contributed by atoms with Gasteiger partial charge in [-0.1, -0.05) is 0 Å². The molecule has 0 saturated carbocycles. The van der Waals surface area contributed by atoms with E-state index in [1.165, 1.54) is 12.7 Å². The first-order valence-electron chi connectivity index (χ1n) is 8.99. The third kappa shape index (κ3) is 4.07. The van der Waals surface area contributed by atoms with Gasteiger partial charge in [0, 0.05) is 50.6 Å². The Morgan fingerprint density at radius 2 is 2.24 bits per heavy atom. The summed E-state index contributed by atoms with van der Waals surface area (Å²) in [4.78, 5) is 25.7. The molecule has 0 unspecified atom stereocenters. The molecule has 0 aliphatic carbocycles. The highest BCUT2D eigenvalue weighted by atomic mass is 32.1. The Labute approximate surface area is 151 Å². The molecule has 2 bridgehead atoms. The molecule has 5 heterocycles. The van der Waals surface area contributed by atoms with Crippen LogP contribution in [0.15, 0.2) is 23.5 Å². The van der Waals surface area contributed by atoms with Crippen molar-refractivity contribution in [3.05, 3.63) is 29.2 Å². The number of nitrogens with zero attached hydrogens (tertiary/aromatic N) is 6. The van der Waals surface area contributed by atoms with Crippen molar-refractivity contribution in [2.45, 2.75) is 44.8 Å². The van der Waals surface area contributed by atoms with E-state index in [0.717, 1.165) is 51.3 Å². The lowest BCUT2D eigenvalue weighted by Crippen LogP contribution is -2.47. The Morgan fingerprint density at radius 1 is 1.28 bits per heavy atom. The first-order valence-corrected chi connectivity index (χ1v) is 9.93. The predicted molar refractivity (Wildman–Crippen MR) is 94.9 cm³/mol. The van der Waals surface area contributed by atoms with Crippen molar-refractivity contribution in [2.75, 3.05) is 19.6 Å². The highest BCUT2D eigenvalue weighted by Crippen LogP contribution is 2.29. The minimum atomic E-state index is 0.297. The zero-order valence-electron chi connectivity index (χ0n) is 14.3. The molecule has 0 N–H and O–H groups in total. The number of hydrogen-bond donors (Lipinski definition) is 0. The van der Waals surface area contributed by atoms with Crippen molar-refractivity contribution < 1.29 is 4.79 Å². The Bertz CT molecular complexity index is 673. The fourth-order valence-corrected chi connectivity index (χ4v) is 4.59. The van der Waals surface area contributed by atoms with E-state index >= 15 is 0 Å². The smallest absolute Gasteiger partial charge is 0.222 e. The van der Waals surface area contributed by atoms with E-state index in [0.29, 0.717) is 24.3 Å². The van der Waals surface area contributed by atoms with Gasteiger partial charge in [0.05, 0.1) is 11.2 Å². The van der Waals surface area contributed by atoms with Gasteiger partial charge in [-0.25, -0.2) is 9.97 Å². The summed E-state index contributed by atoms with van der Waals surface area (Å²) in [6.07, 6.45) is 7.02. The summed E-state index contributed by atoms with van der Waals surface area (Å²) < 4.78 is 1.79. The van der Waals surface area contributed by atoms with Crippen LogP contribution in [0.2, 0.25) is 0 Å². The molecule has 3 saturated heterocycles. The van der Waals surface area contributed by atoms with Gasteiger partial charge in [-0.2, -0.15) is 5.10 Å². The van der Waals surface area contributed by atoms with E-state index in [-0.39, 0.29) is 0 Å². The van der Waals surface area contributed by atoms with E-state index in [4.69, 9.17) is 0 Å². The molecule has 2 aromatic heterocycles. The van der Waals surface area contributed by atoms with E-state index < -0.39 is 0 Å². The zero-order chi connectivity index (χ0) is 17.1. The van der Waals surface area contributed by atoms with Crippen LogP contribution in [0.25, 0.3) is 0 Å². The van der Waals surface area contributed by atoms with Crippen molar-refractivity contribution in [3.63, 3.8) is 0 Å². The van der Waals surface area contributed by atoms with Gasteiger partial charge < -0.3 is 4.90 Å². The molecule has 2 aromatic rings. The van der Waals surface area contributed by atoms with Gasteiger partial charge in [-0.15, -0.1) is 11.3 Å². The molecule has 0 spiro atoms. The first kappa shape index (κ1) is 16.7. The largest absolute Gasteiger partial charge is 0.338 e. The topological polar surface area (TPSA) is 67.2 Å². The van der Waals surface area contributed by atoms with Crippen molar-refractivity contribution in [2.24, 2.45) is 5.92 Å². The molecule has 2 atom stereocenters. The summed E-state index contributed by atoms with van der Waals surface area (Å²) in [5, 5.41) is 6.22. The van der Waals surface area contributed by atoms with Gasteiger partial charge in [0.25, 0.3) is 0 Å². The normalized spacial score (nSPS) is 23.8. The summed E-state index contributed by atoms with van der Waals surface area (Å²) in [7, 11) is 0. The van der Waals surface area contributed by atoms with E-state index in [9.17, 15) is 4.79 Å². The minimum Gasteiger partial charge on any atom is -0.338 e. The number of carbonyl (C=O) groups is 1. The van der Waals surface area contributed by atoms with Crippen LogP contribution in [0, 0.1) is 5.92 Å². The third-order valence-corrected chi connectivity index (χ3v) is 5.86. The number of rotatable bonds is 6. The fraction of sp³-hybridized carbons (Fsp3) is 0.647. The lowest BCUT2D eigenvalue weighted by Gasteiger charge is -2.36. The van der Waals surface area contributed by atoms with Gasteiger partial charge in [-0.05, 0) is 25.2 Å². The summed E-state index contributed by atoms with van der Waals surface area (Å²) in [6, 6.07) is 0.358. The molecule has 8 heteroatoms. The van der Waals surface area contributed by atoms with Crippen LogP contribution in [-0.2, 0) is 17.9 Å². The summed E-state index contributed by atoms with van der Waals surface area (Å²) in [5.41, 5.74) is 3.05. The highest BCUT2D eigenvalue weighted by molar-refractivity contribution is 7.07. The van der Waals surface area contributed by atoms with Gasteiger partial charge >= 0.3 is 0 Å². The van der Waals surface area contributed by atoms with Crippen molar-refractivity contribution >= 4 is 17.2 Å². The first-order chi connectivity index (χ1) is 12.3. The summed E-state index contributed by atoms with van der Waals surface area (Å²) in [6.45, 7) is 4.63. The number of thiazole rings is 1. The molecule has 134 valence electrons. The molecule has 1 amide bonds. The van der Waals surface area contributed by atoms with Crippen molar-refractivity contribution in [1.29, 1.82) is 0 Å². The van der Waals surface area contributed by atoms with Crippen molar-refractivity contribution in [1.82, 2.24) is 29.5 Å². The second-order valence-corrected chi connectivity index (χ2v) is 7.80. The van der Waals surface area contributed by atoms with Gasteiger partial charge in [0.15, 0.2) is 0 Å². The summed E-state index contributed by atoms with van der Waals surface area (Å²) in [5.74, 6) is 0.891. The number of carbonyl (C=O) groups excluding carboxylic acids is 1. The van der Waals surface area contributed by atoms with Crippen LogP contribution < -0.4 is 0 Å². The lowest BCUT2D eigenvalue weighted by atomic mass is 9.94. The number of aromatic nitrogens is 4. The van der Waals surface area contributed by atoms with E-state index in [1.54, 1.807) is 22.3 Å². The highest BCUT2D eigenvalue weighted by Gasteiger charge is 2.36. The molecular weight excluding hydrogens is 336 g/mol. The Kier molecular flexibility index (Phi) is 5.07. The van der Waals surface area contributed by atoms with E-state index in [1.807, 2.05) is 5.51 Å². The quantitative estimate of drug-likeness (QED) is 0.783. The number of aryl methyl sites for hydroxylation is 1. The molecule has 0 aromatic carbocycles. The molecule has 3 aliphatic rings.